The van der Waals surface area contributed by atoms with Crippen molar-refractivity contribution < 1.29 is 18.3 Å². The van der Waals surface area contributed by atoms with Crippen molar-refractivity contribution in [1.29, 1.82) is 0 Å². The minimum absolute atomic E-state index is 0.0723. The zero-order valence-electron chi connectivity index (χ0n) is 22.6. The number of nitrogens with zero attached hydrogens (tertiary/aromatic N) is 1. The van der Waals surface area contributed by atoms with Crippen molar-refractivity contribution in [3.05, 3.63) is 57.2 Å². The summed E-state index contributed by atoms with van der Waals surface area (Å²) < 4.78 is 23.7. The molecular weight excluding hydrogens is 550 g/mol. The van der Waals surface area contributed by atoms with E-state index in [1.807, 2.05) is 11.0 Å². The molecule has 4 rings (SSSR count). The molecule has 0 radical (unpaired) electrons. The highest BCUT2D eigenvalue weighted by atomic mass is 32.2. The number of amides is 1. The van der Waals surface area contributed by atoms with Gasteiger partial charge in [0.05, 0.1) is 9.60 Å². The Morgan fingerprint density at radius 1 is 1.10 bits per heavy atom. The van der Waals surface area contributed by atoms with Gasteiger partial charge in [0.25, 0.3) is 0 Å². The second-order valence-electron chi connectivity index (χ2n) is 10.5. The maximum atomic E-state index is 13.4. The Bertz CT molecular complexity index is 1450. The van der Waals surface area contributed by atoms with Gasteiger partial charge < -0.3 is 26.0 Å². The average molecular weight is 590 g/mol. The first-order valence-corrected chi connectivity index (χ1v) is 16.2. The molecule has 1 amide bonds. The number of nitrogens with one attached hydrogen (secondary N) is 2. The van der Waals surface area contributed by atoms with Crippen molar-refractivity contribution in [2.45, 2.75) is 74.8 Å². The van der Waals surface area contributed by atoms with E-state index in [2.05, 4.69) is 10.3 Å². The van der Waals surface area contributed by atoms with Crippen LogP contribution in [0.15, 0.2) is 46.1 Å². The number of carbonyl (C=O) groups excluding carboxylic acids is 1. The van der Waals surface area contributed by atoms with E-state index >= 15 is 0 Å². The van der Waals surface area contributed by atoms with Gasteiger partial charge in [-0.25, -0.2) is 13.6 Å². The van der Waals surface area contributed by atoms with Crippen molar-refractivity contribution in [3.63, 3.8) is 0 Å². The summed E-state index contributed by atoms with van der Waals surface area (Å²) in [6, 6.07) is 9.82. The van der Waals surface area contributed by atoms with Crippen molar-refractivity contribution in [3.8, 4) is 5.75 Å². The minimum Gasteiger partial charge on any atom is -0.506 e. The number of nitrogens with two attached hydrogens (primary N) is 2. The lowest BCUT2D eigenvalue weighted by molar-refractivity contribution is -0.134. The first-order chi connectivity index (χ1) is 19.1. The normalized spacial score (nSPS) is 15.3. The van der Waals surface area contributed by atoms with Crippen molar-refractivity contribution >= 4 is 37.5 Å². The molecule has 1 aliphatic rings. The number of hydrogen-bond donors (Lipinski definition) is 5. The molecule has 0 spiro atoms. The standard InChI is InChI=1S/C28H39N5O5S2/c29-21(10-6-19-7-11-23(12-8-19)40(30,37)38)18-25(35)33(22-4-2-1-3-5-22)17-16-31-15-14-20-9-13-24(34)26-27(20)39-28(36)32-26/h7-9,11-13,21-22,31,34H,1-6,10,14-18,29H2,(H,32,36)(H2,30,37,38). The Morgan fingerprint density at radius 3 is 2.52 bits per heavy atom. The summed E-state index contributed by atoms with van der Waals surface area (Å²) in [5.74, 6) is 0.146. The molecule has 1 atom stereocenters. The van der Waals surface area contributed by atoms with Gasteiger partial charge in [-0.2, -0.15) is 0 Å². The van der Waals surface area contributed by atoms with Gasteiger partial charge in [0, 0.05) is 31.6 Å². The summed E-state index contributed by atoms with van der Waals surface area (Å²) in [6.45, 7) is 1.94. The van der Waals surface area contributed by atoms with Crippen LogP contribution < -0.4 is 21.1 Å². The van der Waals surface area contributed by atoms with Crippen LogP contribution in [0.4, 0.5) is 0 Å². The number of carbonyl (C=O) groups is 1. The number of aryl methyl sites for hydroxylation is 1. The van der Waals surface area contributed by atoms with Crippen LogP contribution in [-0.2, 0) is 27.7 Å². The van der Waals surface area contributed by atoms with Gasteiger partial charge in [0.2, 0.25) is 15.9 Å². The zero-order chi connectivity index (χ0) is 28.7. The fourth-order valence-corrected chi connectivity index (χ4v) is 6.78. The third-order valence-electron chi connectivity index (χ3n) is 7.57. The topological polar surface area (TPSA) is 172 Å². The molecule has 12 heteroatoms. The Balaban J connectivity index is 1.27. The Hall–Kier alpha value is -2.77. The number of thiazole rings is 1. The molecule has 0 bridgehead atoms. The van der Waals surface area contributed by atoms with Gasteiger partial charge in [-0.3, -0.25) is 9.59 Å². The highest BCUT2D eigenvalue weighted by Gasteiger charge is 2.26. The molecule has 1 heterocycles. The molecule has 218 valence electrons. The maximum absolute atomic E-state index is 13.4. The van der Waals surface area contributed by atoms with Crippen LogP contribution in [0, 0.1) is 0 Å². The van der Waals surface area contributed by atoms with E-state index in [1.165, 1.54) is 18.6 Å². The van der Waals surface area contributed by atoms with Crippen LogP contribution in [-0.4, -0.2) is 61.0 Å². The fourth-order valence-electron chi connectivity index (χ4n) is 5.36. The largest absolute Gasteiger partial charge is 0.506 e. The monoisotopic (exact) mass is 589 g/mol. The number of aromatic nitrogens is 1. The van der Waals surface area contributed by atoms with Gasteiger partial charge in [0.1, 0.15) is 11.3 Å². The number of hydrogen-bond acceptors (Lipinski definition) is 8. The molecule has 0 aliphatic heterocycles. The summed E-state index contributed by atoms with van der Waals surface area (Å²) in [7, 11) is -3.72. The molecule has 7 N–H and O–H groups in total. The summed E-state index contributed by atoms with van der Waals surface area (Å²) in [5, 5.41) is 18.6. The molecule has 1 unspecified atom stereocenters. The van der Waals surface area contributed by atoms with Crippen molar-refractivity contribution in [1.82, 2.24) is 15.2 Å². The number of sulfonamides is 1. The number of rotatable bonds is 13. The molecule has 3 aromatic rings. The van der Waals surface area contributed by atoms with E-state index in [0.717, 1.165) is 52.8 Å². The Kier molecular flexibility index (Phi) is 10.4. The molecule has 1 aliphatic carbocycles. The second-order valence-corrected chi connectivity index (χ2v) is 13.1. The predicted molar refractivity (Wildman–Crippen MR) is 158 cm³/mol. The predicted octanol–water partition coefficient (Wildman–Crippen LogP) is 2.59. The molecule has 1 fully saturated rings. The highest BCUT2D eigenvalue weighted by Crippen LogP contribution is 2.28. The lowest BCUT2D eigenvalue weighted by Gasteiger charge is -2.35. The number of benzene rings is 2. The van der Waals surface area contributed by atoms with Crippen molar-refractivity contribution in [2.75, 3.05) is 19.6 Å². The third kappa shape index (κ3) is 8.14. The second kappa shape index (κ2) is 13.7. The summed E-state index contributed by atoms with van der Waals surface area (Å²) in [4.78, 5) is 29.7. The van der Waals surface area contributed by atoms with Crippen LogP contribution in [0.25, 0.3) is 10.2 Å². The minimum atomic E-state index is -3.72. The average Bonchev–Trinajstić information content (AvgIpc) is 3.33. The first-order valence-electron chi connectivity index (χ1n) is 13.8. The molecule has 40 heavy (non-hydrogen) atoms. The maximum Gasteiger partial charge on any atom is 0.305 e. The summed E-state index contributed by atoms with van der Waals surface area (Å²) in [6.07, 6.45) is 7.69. The third-order valence-corrected chi connectivity index (χ3v) is 9.46. The highest BCUT2D eigenvalue weighted by molar-refractivity contribution is 7.89. The van der Waals surface area contributed by atoms with E-state index in [4.69, 9.17) is 10.9 Å². The van der Waals surface area contributed by atoms with E-state index in [1.54, 1.807) is 18.2 Å². The van der Waals surface area contributed by atoms with E-state index < -0.39 is 10.0 Å². The van der Waals surface area contributed by atoms with Gasteiger partial charge in [-0.05, 0) is 68.0 Å². The SMILES string of the molecule is NC(CCc1ccc(S(N)(=O)=O)cc1)CC(=O)N(CCNCCc1ccc(O)c2[nH]c(=O)sc12)C1CCCCC1. The number of fused-ring (bicyclic) bond motifs is 1. The fraction of sp³-hybridized carbons (Fsp3) is 0.500. The number of aromatic hydroxyl groups is 1. The van der Waals surface area contributed by atoms with Crippen LogP contribution in [0.3, 0.4) is 0 Å². The number of aromatic amines is 1. The van der Waals surface area contributed by atoms with Gasteiger partial charge in [0.15, 0.2) is 0 Å². The van der Waals surface area contributed by atoms with Crippen molar-refractivity contribution in [2.24, 2.45) is 10.9 Å². The van der Waals surface area contributed by atoms with E-state index in [0.29, 0.717) is 44.4 Å². The van der Waals surface area contributed by atoms with Crippen LogP contribution >= 0.6 is 11.3 Å². The quantitative estimate of drug-likeness (QED) is 0.191. The van der Waals surface area contributed by atoms with Crippen LogP contribution in [0.2, 0.25) is 0 Å². The van der Waals surface area contributed by atoms with E-state index in [-0.39, 0.29) is 39.9 Å². The summed E-state index contributed by atoms with van der Waals surface area (Å²) in [5.41, 5.74) is 8.79. The van der Waals surface area contributed by atoms with Crippen LogP contribution in [0.1, 0.15) is 56.1 Å². The van der Waals surface area contributed by atoms with E-state index in [9.17, 15) is 23.1 Å². The number of primary sulfonamides is 1. The van der Waals surface area contributed by atoms with Gasteiger partial charge in [-0.1, -0.05) is 48.8 Å². The Labute approximate surface area is 238 Å². The molecule has 2 aromatic carbocycles. The Morgan fingerprint density at radius 2 is 1.82 bits per heavy atom. The molecule has 1 saturated carbocycles. The summed E-state index contributed by atoms with van der Waals surface area (Å²) >= 11 is 1.10. The number of phenols is 1. The number of H-pyrrole nitrogens is 1. The molecule has 10 nitrogen and oxygen atoms in total. The molecular formula is C28H39N5O5S2. The first kappa shape index (κ1) is 30.2. The smallest absolute Gasteiger partial charge is 0.305 e. The lowest BCUT2D eigenvalue weighted by Crippen LogP contribution is -2.46. The molecule has 1 aromatic heterocycles. The van der Waals surface area contributed by atoms with Gasteiger partial charge >= 0.3 is 4.87 Å². The lowest BCUT2D eigenvalue weighted by atomic mass is 9.93. The number of phenolic OH excluding ortho intramolecular Hbond substituents is 1. The van der Waals surface area contributed by atoms with Crippen LogP contribution in [0.5, 0.6) is 5.75 Å². The van der Waals surface area contributed by atoms with Gasteiger partial charge in [-0.15, -0.1) is 0 Å². The molecule has 0 saturated heterocycles. The zero-order valence-corrected chi connectivity index (χ0v) is 24.2.